The molecule has 0 amide bonds. The zero-order valence-electron chi connectivity index (χ0n) is 33.9. The summed E-state index contributed by atoms with van der Waals surface area (Å²) in [5.41, 5.74) is 14.4. The lowest BCUT2D eigenvalue weighted by atomic mass is 9.96. The van der Waals surface area contributed by atoms with Crippen LogP contribution in [-0.4, -0.2) is 0 Å². The van der Waals surface area contributed by atoms with Crippen molar-refractivity contribution in [3.05, 3.63) is 237 Å². The summed E-state index contributed by atoms with van der Waals surface area (Å²) >= 11 is 0. The summed E-state index contributed by atoms with van der Waals surface area (Å²) < 4.78 is 6.67. The second kappa shape index (κ2) is 14.8. The van der Waals surface area contributed by atoms with E-state index >= 15 is 0 Å². The standard InChI is InChI=1S/C60H39NO/c1-2-13-47-38-48(25-22-40(47)10-1)43-28-34-51(35-29-43)61(50-32-26-42(27-33-50)41-20-23-46(24-21-41)53-18-9-14-44-11-3-5-15-52(44)53)58-19-8-7-16-54(58)49-31-36-56-57-37-30-45-12-4-6-17-55(45)60(57)62-59(56)39-49/h1-39H. The lowest BCUT2D eigenvalue weighted by molar-refractivity contribution is 0.673. The van der Waals surface area contributed by atoms with Gasteiger partial charge >= 0.3 is 0 Å². The first-order valence-electron chi connectivity index (χ1n) is 21.2. The molecule has 0 aliphatic carbocycles. The van der Waals surface area contributed by atoms with Crippen molar-refractivity contribution in [2.24, 2.45) is 0 Å². The maximum Gasteiger partial charge on any atom is 0.143 e. The number of fused-ring (bicyclic) bond motifs is 7. The van der Waals surface area contributed by atoms with E-state index in [2.05, 4.69) is 241 Å². The summed E-state index contributed by atoms with van der Waals surface area (Å²) in [6, 6.07) is 85.4. The second-order valence-corrected chi connectivity index (χ2v) is 16.1. The number of hydrogen-bond acceptors (Lipinski definition) is 2. The predicted octanol–water partition coefficient (Wildman–Crippen LogP) is 17.2. The third-order valence-electron chi connectivity index (χ3n) is 12.5. The van der Waals surface area contributed by atoms with Gasteiger partial charge in [-0.2, -0.15) is 0 Å². The van der Waals surface area contributed by atoms with Crippen molar-refractivity contribution in [3.63, 3.8) is 0 Å². The molecule has 290 valence electrons. The maximum absolute atomic E-state index is 6.67. The van der Waals surface area contributed by atoms with Gasteiger partial charge in [0.2, 0.25) is 0 Å². The molecule has 12 rings (SSSR count). The van der Waals surface area contributed by atoms with E-state index in [4.69, 9.17) is 4.42 Å². The van der Waals surface area contributed by atoms with Gasteiger partial charge in [-0.05, 0) is 120 Å². The smallest absolute Gasteiger partial charge is 0.143 e. The molecule has 1 aromatic heterocycles. The molecule has 0 saturated carbocycles. The monoisotopic (exact) mass is 789 g/mol. The summed E-state index contributed by atoms with van der Waals surface area (Å²) in [4.78, 5) is 2.38. The maximum atomic E-state index is 6.67. The number of benzene rings is 11. The van der Waals surface area contributed by atoms with Crippen LogP contribution < -0.4 is 4.90 Å². The normalized spacial score (nSPS) is 11.5. The van der Waals surface area contributed by atoms with Crippen molar-refractivity contribution in [3.8, 4) is 44.5 Å². The quantitative estimate of drug-likeness (QED) is 0.160. The number of rotatable bonds is 7. The summed E-state index contributed by atoms with van der Waals surface area (Å²) in [5, 5.41) is 9.56. The Morgan fingerprint density at radius 2 is 0.774 bits per heavy atom. The van der Waals surface area contributed by atoms with Gasteiger partial charge in [0.1, 0.15) is 11.2 Å². The molecule has 0 unspecified atom stereocenters. The van der Waals surface area contributed by atoms with E-state index in [9.17, 15) is 0 Å². The third kappa shape index (κ3) is 6.20. The highest BCUT2D eigenvalue weighted by Gasteiger charge is 2.19. The summed E-state index contributed by atoms with van der Waals surface area (Å²) in [7, 11) is 0. The van der Waals surface area contributed by atoms with Crippen LogP contribution in [0.15, 0.2) is 241 Å². The largest absolute Gasteiger partial charge is 0.455 e. The topological polar surface area (TPSA) is 16.4 Å². The van der Waals surface area contributed by atoms with Crippen LogP contribution in [0.2, 0.25) is 0 Å². The lowest BCUT2D eigenvalue weighted by Crippen LogP contribution is -2.11. The van der Waals surface area contributed by atoms with Gasteiger partial charge in [-0.1, -0.05) is 182 Å². The molecule has 0 bridgehead atoms. The molecule has 0 fully saturated rings. The van der Waals surface area contributed by atoms with Crippen molar-refractivity contribution in [2.75, 3.05) is 4.90 Å². The molecular formula is C60H39NO. The van der Waals surface area contributed by atoms with Gasteiger partial charge < -0.3 is 9.32 Å². The minimum Gasteiger partial charge on any atom is -0.455 e. The fourth-order valence-corrected chi connectivity index (χ4v) is 9.31. The highest BCUT2D eigenvalue weighted by atomic mass is 16.3. The molecule has 0 N–H and O–H groups in total. The van der Waals surface area contributed by atoms with Crippen LogP contribution in [0.4, 0.5) is 17.1 Å². The van der Waals surface area contributed by atoms with E-state index in [-0.39, 0.29) is 0 Å². The molecule has 0 aliphatic heterocycles. The Morgan fingerprint density at radius 3 is 1.53 bits per heavy atom. The van der Waals surface area contributed by atoms with Crippen molar-refractivity contribution >= 4 is 71.3 Å². The Balaban J connectivity index is 0.945. The molecule has 12 aromatic rings. The van der Waals surface area contributed by atoms with E-state index < -0.39 is 0 Å². The van der Waals surface area contributed by atoms with Gasteiger partial charge in [-0.25, -0.2) is 0 Å². The van der Waals surface area contributed by atoms with E-state index in [0.717, 1.165) is 55.5 Å². The number of hydrogen-bond donors (Lipinski definition) is 0. The number of para-hydroxylation sites is 1. The SMILES string of the molecule is c1ccc(N(c2ccc(-c3ccc(-c4cccc5ccccc45)cc3)cc2)c2ccc(-c3ccc4ccccc4c3)cc2)c(-c2ccc3c(c2)oc2c4ccccc4ccc32)c1. The highest BCUT2D eigenvalue weighted by molar-refractivity contribution is 6.15. The van der Waals surface area contributed by atoms with Crippen molar-refractivity contribution in [1.82, 2.24) is 0 Å². The van der Waals surface area contributed by atoms with Gasteiger partial charge in [-0.15, -0.1) is 0 Å². The Bertz CT molecular complexity index is 3610. The first kappa shape index (κ1) is 35.7. The zero-order valence-corrected chi connectivity index (χ0v) is 33.9. The van der Waals surface area contributed by atoms with Crippen molar-refractivity contribution in [1.29, 1.82) is 0 Å². The van der Waals surface area contributed by atoms with Crippen LogP contribution in [0.3, 0.4) is 0 Å². The van der Waals surface area contributed by atoms with Gasteiger partial charge in [0.15, 0.2) is 0 Å². The fraction of sp³-hybridized carbons (Fsp3) is 0. The van der Waals surface area contributed by atoms with Crippen LogP contribution in [0.1, 0.15) is 0 Å². The minimum absolute atomic E-state index is 0.880. The van der Waals surface area contributed by atoms with Gasteiger partial charge in [0.05, 0.1) is 5.69 Å². The van der Waals surface area contributed by atoms with E-state index in [0.29, 0.717) is 0 Å². The molecular weight excluding hydrogens is 751 g/mol. The molecule has 0 saturated heterocycles. The summed E-state index contributed by atoms with van der Waals surface area (Å²) in [6.07, 6.45) is 0. The van der Waals surface area contributed by atoms with Crippen molar-refractivity contribution in [2.45, 2.75) is 0 Å². The number of furan rings is 1. The lowest BCUT2D eigenvalue weighted by Gasteiger charge is -2.28. The first-order valence-corrected chi connectivity index (χ1v) is 21.2. The average Bonchev–Trinajstić information content (AvgIpc) is 3.73. The van der Waals surface area contributed by atoms with E-state index in [1.807, 2.05) is 0 Å². The Hall–Kier alpha value is -8.20. The molecule has 1 heterocycles. The minimum atomic E-state index is 0.880. The van der Waals surface area contributed by atoms with Crippen LogP contribution in [0.5, 0.6) is 0 Å². The average molecular weight is 790 g/mol. The Morgan fingerprint density at radius 1 is 0.274 bits per heavy atom. The summed E-state index contributed by atoms with van der Waals surface area (Å²) in [6.45, 7) is 0. The van der Waals surface area contributed by atoms with Crippen LogP contribution in [-0.2, 0) is 0 Å². The number of anilines is 3. The fourth-order valence-electron chi connectivity index (χ4n) is 9.31. The van der Waals surface area contributed by atoms with Gasteiger partial charge in [0.25, 0.3) is 0 Å². The molecule has 0 spiro atoms. The van der Waals surface area contributed by atoms with Crippen molar-refractivity contribution < 1.29 is 4.42 Å². The molecule has 11 aromatic carbocycles. The van der Waals surface area contributed by atoms with E-state index in [1.165, 1.54) is 60.3 Å². The molecule has 0 radical (unpaired) electrons. The first-order chi connectivity index (χ1) is 30.7. The predicted molar refractivity (Wildman–Crippen MR) is 263 cm³/mol. The molecule has 0 atom stereocenters. The van der Waals surface area contributed by atoms with E-state index in [1.54, 1.807) is 0 Å². The van der Waals surface area contributed by atoms with Crippen LogP contribution >= 0.6 is 0 Å². The molecule has 2 heteroatoms. The zero-order chi connectivity index (χ0) is 41.0. The van der Waals surface area contributed by atoms with Gasteiger partial charge in [0, 0.05) is 33.1 Å². The van der Waals surface area contributed by atoms with Crippen LogP contribution in [0, 0.1) is 0 Å². The van der Waals surface area contributed by atoms with Gasteiger partial charge in [-0.3, -0.25) is 0 Å². The Labute approximate surface area is 360 Å². The second-order valence-electron chi connectivity index (χ2n) is 16.1. The molecule has 2 nitrogen and oxygen atoms in total. The summed E-state index contributed by atoms with van der Waals surface area (Å²) in [5.74, 6) is 0. The Kier molecular flexibility index (Phi) is 8.53. The molecule has 0 aliphatic rings. The third-order valence-corrected chi connectivity index (χ3v) is 12.5. The highest BCUT2D eigenvalue weighted by Crippen LogP contribution is 2.44. The number of nitrogens with zero attached hydrogens (tertiary/aromatic N) is 1. The van der Waals surface area contributed by atoms with Crippen LogP contribution in [0.25, 0.3) is 98.8 Å². The molecule has 62 heavy (non-hydrogen) atoms.